The van der Waals surface area contributed by atoms with Crippen LogP contribution in [0.25, 0.3) is 10.9 Å². The van der Waals surface area contributed by atoms with Crippen molar-refractivity contribution in [3.63, 3.8) is 0 Å². The Morgan fingerprint density at radius 2 is 1.85 bits per heavy atom. The molecule has 2 aromatic rings. The van der Waals surface area contributed by atoms with Crippen molar-refractivity contribution in [2.24, 2.45) is 0 Å². The molecule has 1 aromatic heterocycles. The zero-order chi connectivity index (χ0) is 14.1. The van der Waals surface area contributed by atoms with Crippen LogP contribution >= 0.6 is 0 Å². The summed E-state index contributed by atoms with van der Waals surface area (Å²) in [7, 11) is 3.30. The van der Waals surface area contributed by atoms with E-state index in [0.29, 0.717) is 18.7 Å². The van der Waals surface area contributed by atoms with E-state index >= 15 is 0 Å². The molecule has 3 rings (SSSR count). The Balaban J connectivity index is 1.86. The second-order valence-corrected chi connectivity index (χ2v) is 5.01. The van der Waals surface area contributed by atoms with E-state index in [2.05, 4.69) is 4.98 Å². The summed E-state index contributed by atoms with van der Waals surface area (Å²) in [6, 6.07) is 7.81. The molecule has 5 nitrogen and oxygen atoms in total. The highest BCUT2D eigenvalue weighted by atomic mass is 16.5. The fourth-order valence-corrected chi connectivity index (χ4v) is 2.78. The molecule has 106 valence electrons. The Hall–Kier alpha value is -1.85. The molecule has 0 aliphatic carbocycles. The third-order valence-electron chi connectivity index (χ3n) is 3.93. The molecule has 0 saturated carbocycles. The molecule has 1 saturated heterocycles. The summed E-state index contributed by atoms with van der Waals surface area (Å²) >= 11 is 0. The Bertz CT molecular complexity index is 610. The van der Waals surface area contributed by atoms with Crippen molar-refractivity contribution in [1.29, 1.82) is 0 Å². The van der Waals surface area contributed by atoms with Gasteiger partial charge in [0.15, 0.2) is 0 Å². The van der Waals surface area contributed by atoms with Gasteiger partial charge in [-0.15, -0.1) is 0 Å². The van der Waals surface area contributed by atoms with Gasteiger partial charge in [-0.3, -0.25) is 4.79 Å². The molecule has 1 fully saturated rings. The minimum atomic E-state index is -0.0610. The van der Waals surface area contributed by atoms with E-state index in [0.717, 1.165) is 10.9 Å². The molecule has 0 radical (unpaired) electrons. The van der Waals surface area contributed by atoms with E-state index in [1.54, 1.807) is 25.3 Å². The molecule has 0 spiro atoms. The average molecular weight is 274 g/mol. The number of fused-ring (bicyclic) bond motifs is 1. The Kier molecular flexibility index (Phi) is 3.46. The van der Waals surface area contributed by atoms with E-state index in [-0.39, 0.29) is 18.1 Å². The maximum absolute atomic E-state index is 12.6. The SMILES string of the molecule is COC1CN(C(=O)c2c[nH]c3ccccc23)CC1OC. The quantitative estimate of drug-likeness (QED) is 0.926. The van der Waals surface area contributed by atoms with Gasteiger partial charge in [0.2, 0.25) is 0 Å². The number of ether oxygens (including phenoxy) is 2. The number of likely N-dealkylation sites (tertiary alicyclic amines) is 1. The number of nitrogens with zero attached hydrogens (tertiary/aromatic N) is 1. The van der Waals surface area contributed by atoms with Crippen molar-refractivity contribution >= 4 is 16.8 Å². The smallest absolute Gasteiger partial charge is 0.256 e. The number of para-hydroxylation sites is 1. The molecule has 2 unspecified atom stereocenters. The standard InChI is InChI=1S/C15H18N2O3/c1-19-13-8-17(9-14(13)20-2)15(18)11-7-16-12-6-4-3-5-10(11)12/h3-7,13-14,16H,8-9H2,1-2H3. The first-order valence-electron chi connectivity index (χ1n) is 6.65. The predicted octanol–water partition coefficient (Wildman–Crippen LogP) is 1.65. The van der Waals surface area contributed by atoms with Crippen LogP contribution in [0, 0.1) is 0 Å². The molecule has 1 aromatic carbocycles. The van der Waals surface area contributed by atoms with Gasteiger partial charge in [0.05, 0.1) is 5.56 Å². The van der Waals surface area contributed by atoms with Gasteiger partial charge in [-0.1, -0.05) is 18.2 Å². The van der Waals surface area contributed by atoms with E-state index in [1.165, 1.54) is 0 Å². The van der Waals surface area contributed by atoms with E-state index in [4.69, 9.17) is 9.47 Å². The maximum atomic E-state index is 12.6. The van der Waals surface area contributed by atoms with E-state index in [9.17, 15) is 4.79 Å². The molecule has 1 amide bonds. The topological polar surface area (TPSA) is 54.6 Å². The lowest BCUT2D eigenvalue weighted by atomic mass is 10.1. The number of hydrogen-bond acceptors (Lipinski definition) is 3. The van der Waals surface area contributed by atoms with Gasteiger partial charge in [-0.2, -0.15) is 0 Å². The van der Waals surface area contributed by atoms with Crippen LogP contribution in [0.4, 0.5) is 0 Å². The monoisotopic (exact) mass is 274 g/mol. The molecule has 0 bridgehead atoms. The molecule has 5 heteroatoms. The first kappa shape index (κ1) is 13.1. The number of nitrogens with one attached hydrogen (secondary N) is 1. The summed E-state index contributed by atoms with van der Waals surface area (Å²) in [4.78, 5) is 17.6. The zero-order valence-electron chi connectivity index (χ0n) is 11.6. The summed E-state index contributed by atoms with van der Waals surface area (Å²) < 4.78 is 10.7. The number of aromatic nitrogens is 1. The van der Waals surface area contributed by atoms with Crippen molar-refractivity contribution in [2.45, 2.75) is 12.2 Å². The lowest BCUT2D eigenvalue weighted by Crippen LogP contribution is -2.29. The van der Waals surface area contributed by atoms with Gasteiger partial charge in [-0.05, 0) is 6.07 Å². The molecule has 1 aliphatic rings. The average Bonchev–Trinajstić information content (AvgIpc) is 3.10. The van der Waals surface area contributed by atoms with Crippen LogP contribution in [-0.4, -0.2) is 55.3 Å². The summed E-state index contributed by atoms with van der Waals surface area (Å²) in [5, 5.41) is 0.951. The number of hydrogen-bond donors (Lipinski definition) is 1. The number of H-pyrrole nitrogens is 1. The van der Waals surface area contributed by atoms with Crippen molar-refractivity contribution in [3.05, 3.63) is 36.0 Å². The molecule has 20 heavy (non-hydrogen) atoms. The zero-order valence-corrected chi connectivity index (χ0v) is 11.6. The Morgan fingerprint density at radius 1 is 1.20 bits per heavy atom. The summed E-state index contributed by atoms with van der Waals surface area (Å²) in [6.07, 6.45) is 1.65. The number of amides is 1. The van der Waals surface area contributed by atoms with Crippen molar-refractivity contribution < 1.29 is 14.3 Å². The molecular weight excluding hydrogens is 256 g/mol. The highest BCUT2D eigenvalue weighted by Crippen LogP contribution is 2.23. The normalized spacial score (nSPS) is 22.6. The van der Waals surface area contributed by atoms with Gasteiger partial charge >= 0.3 is 0 Å². The van der Waals surface area contributed by atoms with E-state index in [1.807, 2.05) is 24.3 Å². The second-order valence-electron chi connectivity index (χ2n) is 5.01. The largest absolute Gasteiger partial charge is 0.377 e. The number of carbonyl (C=O) groups excluding carboxylic acids is 1. The van der Waals surface area contributed by atoms with Crippen LogP contribution < -0.4 is 0 Å². The molecule has 1 N–H and O–H groups in total. The van der Waals surface area contributed by atoms with Crippen LogP contribution in [0.2, 0.25) is 0 Å². The third kappa shape index (κ3) is 2.09. The minimum absolute atomic E-state index is 0.0176. The molecule has 2 atom stereocenters. The predicted molar refractivity (Wildman–Crippen MR) is 75.8 cm³/mol. The third-order valence-corrected chi connectivity index (χ3v) is 3.93. The molecule has 2 heterocycles. The minimum Gasteiger partial charge on any atom is -0.377 e. The maximum Gasteiger partial charge on any atom is 0.256 e. The van der Waals surface area contributed by atoms with Crippen LogP contribution in [0.1, 0.15) is 10.4 Å². The molecule has 1 aliphatic heterocycles. The van der Waals surface area contributed by atoms with Gasteiger partial charge in [0.1, 0.15) is 12.2 Å². The summed E-state index contributed by atoms with van der Waals surface area (Å²) in [5.74, 6) is 0.0176. The van der Waals surface area contributed by atoms with Gasteiger partial charge in [0, 0.05) is 44.4 Å². The summed E-state index contributed by atoms with van der Waals surface area (Å²) in [6.45, 7) is 1.13. The highest BCUT2D eigenvalue weighted by Gasteiger charge is 2.36. The van der Waals surface area contributed by atoms with Gasteiger partial charge < -0.3 is 19.4 Å². The number of methoxy groups -OCH3 is 2. The van der Waals surface area contributed by atoms with Crippen LogP contribution in [0.15, 0.2) is 30.5 Å². The number of benzene rings is 1. The summed E-state index contributed by atoms with van der Waals surface area (Å²) in [5.41, 5.74) is 1.67. The van der Waals surface area contributed by atoms with Crippen molar-refractivity contribution in [2.75, 3.05) is 27.3 Å². The van der Waals surface area contributed by atoms with E-state index < -0.39 is 0 Å². The fourth-order valence-electron chi connectivity index (χ4n) is 2.78. The number of rotatable bonds is 3. The Labute approximate surface area is 117 Å². The lowest BCUT2D eigenvalue weighted by Gasteiger charge is -2.15. The number of carbonyl (C=O) groups is 1. The first-order chi connectivity index (χ1) is 9.74. The first-order valence-corrected chi connectivity index (χ1v) is 6.65. The van der Waals surface area contributed by atoms with Gasteiger partial charge in [-0.25, -0.2) is 0 Å². The van der Waals surface area contributed by atoms with Crippen LogP contribution in [0.3, 0.4) is 0 Å². The number of aromatic amines is 1. The Morgan fingerprint density at radius 3 is 2.50 bits per heavy atom. The van der Waals surface area contributed by atoms with Gasteiger partial charge in [0.25, 0.3) is 5.91 Å². The lowest BCUT2D eigenvalue weighted by molar-refractivity contribution is -0.00461. The van der Waals surface area contributed by atoms with Crippen LogP contribution in [-0.2, 0) is 9.47 Å². The van der Waals surface area contributed by atoms with Crippen LogP contribution in [0.5, 0.6) is 0 Å². The van der Waals surface area contributed by atoms with Crippen molar-refractivity contribution in [1.82, 2.24) is 9.88 Å². The second kappa shape index (κ2) is 5.26. The highest BCUT2D eigenvalue weighted by molar-refractivity contribution is 6.06. The van der Waals surface area contributed by atoms with Crippen molar-refractivity contribution in [3.8, 4) is 0 Å². The fraction of sp³-hybridized carbons (Fsp3) is 0.400. The molecular formula is C15H18N2O3.